The first-order valence-electron chi connectivity index (χ1n) is 8.04. The molecule has 8 heteroatoms. The molecule has 0 spiro atoms. The first-order valence-corrected chi connectivity index (χ1v) is 9.03. The Labute approximate surface area is 148 Å². The number of nitrogens with one attached hydrogen (secondary N) is 1. The van der Waals surface area contributed by atoms with E-state index in [1.165, 1.54) is 28.8 Å². The summed E-state index contributed by atoms with van der Waals surface area (Å²) in [6.07, 6.45) is 2.40. The predicted octanol–water partition coefficient (Wildman–Crippen LogP) is 1.66. The number of piperidine rings is 1. The van der Waals surface area contributed by atoms with Gasteiger partial charge in [-0.25, -0.2) is 4.39 Å². The van der Waals surface area contributed by atoms with Gasteiger partial charge in [-0.05, 0) is 36.3 Å². The Morgan fingerprint density at radius 3 is 2.84 bits per heavy atom. The van der Waals surface area contributed by atoms with Crippen LogP contribution in [0, 0.1) is 5.82 Å². The van der Waals surface area contributed by atoms with E-state index in [0.717, 1.165) is 6.29 Å². The van der Waals surface area contributed by atoms with Crippen LogP contribution in [0.1, 0.15) is 41.6 Å². The molecule has 2 heterocycles. The van der Waals surface area contributed by atoms with E-state index in [-0.39, 0.29) is 30.9 Å². The number of amides is 3. The summed E-state index contributed by atoms with van der Waals surface area (Å²) >= 11 is 1.40. The van der Waals surface area contributed by atoms with Crippen LogP contribution < -0.4 is 5.32 Å². The molecule has 2 aliphatic heterocycles. The Morgan fingerprint density at radius 2 is 2.12 bits per heavy atom. The highest BCUT2D eigenvalue weighted by Gasteiger charge is 2.40. The number of thioether (sulfide) groups is 1. The molecule has 1 N–H and O–H groups in total. The van der Waals surface area contributed by atoms with Gasteiger partial charge in [0.1, 0.15) is 18.1 Å². The molecule has 1 fully saturated rings. The third kappa shape index (κ3) is 3.58. The summed E-state index contributed by atoms with van der Waals surface area (Å²) in [6, 6.07) is 1.86. The van der Waals surface area contributed by atoms with Gasteiger partial charge in [-0.2, -0.15) is 0 Å². The van der Waals surface area contributed by atoms with Crippen LogP contribution in [-0.4, -0.2) is 40.7 Å². The van der Waals surface area contributed by atoms with E-state index in [2.05, 4.69) is 5.32 Å². The number of carbonyl (C=O) groups is 4. The molecule has 2 aliphatic rings. The maximum absolute atomic E-state index is 13.9. The number of hydrogen-bond donors (Lipinski definition) is 1. The average Bonchev–Trinajstić information content (AvgIpc) is 2.89. The Bertz CT molecular complexity index is 752. The topological polar surface area (TPSA) is 83.6 Å². The second-order valence-corrected chi connectivity index (χ2v) is 7.12. The highest BCUT2D eigenvalue weighted by molar-refractivity contribution is 7.99. The molecule has 0 aliphatic carbocycles. The number of nitrogens with zero attached hydrogens (tertiary/aromatic N) is 1. The van der Waals surface area contributed by atoms with Crippen LogP contribution in [-0.2, 0) is 20.9 Å². The smallest absolute Gasteiger partial charge is 0.255 e. The number of aldehydes is 1. The number of unbranched alkanes of at least 4 members (excludes halogenated alkanes) is 1. The first kappa shape index (κ1) is 17.6. The summed E-state index contributed by atoms with van der Waals surface area (Å²) in [6.45, 7) is 0.219. The van der Waals surface area contributed by atoms with Gasteiger partial charge in [-0.1, -0.05) is 0 Å². The van der Waals surface area contributed by atoms with Crippen LogP contribution in [0.4, 0.5) is 4.39 Å². The van der Waals surface area contributed by atoms with Crippen molar-refractivity contribution in [2.24, 2.45) is 0 Å². The fraction of sp³-hybridized carbons (Fsp3) is 0.412. The van der Waals surface area contributed by atoms with Gasteiger partial charge >= 0.3 is 0 Å². The maximum atomic E-state index is 13.9. The Balaban J connectivity index is 1.81. The minimum atomic E-state index is -0.714. The maximum Gasteiger partial charge on any atom is 0.255 e. The third-order valence-corrected chi connectivity index (χ3v) is 5.47. The Morgan fingerprint density at radius 1 is 1.32 bits per heavy atom. The van der Waals surface area contributed by atoms with Gasteiger partial charge in [0.2, 0.25) is 11.8 Å². The standard InChI is InChI=1S/C17H17FN2O4S/c18-10-7-11-12(14(8-10)25-6-2-1-5-21)9-20(17(11)24)13-3-4-15(22)19-16(13)23/h5,7-8,13H,1-4,6,9H2,(H,19,22,23). The third-order valence-electron chi connectivity index (χ3n) is 4.30. The number of imide groups is 1. The number of fused-ring (bicyclic) bond motifs is 1. The van der Waals surface area contributed by atoms with Crippen molar-refractivity contribution in [1.29, 1.82) is 0 Å². The summed E-state index contributed by atoms with van der Waals surface area (Å²) in [4.78, 5) is 48.4. The molecule has 6 nitrogen and oxygen atoms in total. The van der Waals surface area contributed by atoms with E-state index in [0.29, 0.717) is 29.1 Å². The molecule has 3 amide bonds. The van der Waals surface area contributed by atoms with Crippen LogP contribution in [0.5, 0.6) is 0 Å². The van der Waals surface area contributed by atoms with Gasteiger partial charge in [0, 0.05) is 29.8 Å². The molecule has 1 unspecified atom stereocenters. The summed E-state index contributed by atoms with van der Waals surface area (Å²) in [5.74, 6) is -1.09. The molecule has 1 aromatic rings. The summed E-state index contributed by atoms with van der Waals surface area (Å²) in [5, 5.41) is 2.24. The molecule has 1 saturated heterocycles. The van der Waals surface area contributed by atoms with Gasteiger partial charge in [0.05, 0.1) is 0 Å². The van der Waals surface area contributed by atoms with Crippen LogP contribution >= 0.6 is 11.8 Å². The van der Waals surface area contributed by atoms with E-state index in [1.807, 2.05) is 0 Å². The monoisotopic (exact) mass is 364 g/mol. The van der Waals surface area contributed by atoms with Crippen molar-refractivity contribution in [3.05, 3.63) is 29.1 Å². The molecule has 0 radical (unpaired) electrons. The SMILES string of the molecule is O=CCCCSc1cc(F)cc2c1CN(C1CCC(=O)NC1=O)C2=O. The van der Waals surface area contributed by atoms with Gasteiger partial charge in [0.25, 0.3) is 5.91 Å². The summed E-state index contributed by atoms with van der Waals surface area (Å²) in [7, 11) is 0. The second-order valence-electron chi connectivity index (χ2n) is 5.99. The molecule has 1 aromatic carbocycles. The zero-order valence-corrected chi connectivity index (χ0v) is 14.2. The van der Waals surface area contributed by atoms with E-state index in [9.17, 15) is 23.6 Å². The van der Waals surface area contributed by atoms with E-state index in [4.69, 9.17) is 0 Å². The minimum absolute atomic E-state index is 0.179. The zero-order chi connectivity index (χ0) is 18.0. The summed E-state index contributed by atoms with van der Waals surface area (Å²) < 4.78 is 13.9. The largest absolute Gasteiger partial charge is 0.322 e. The van der Waals surface area contributed by atoms with Gasteiger partial charge in [-0.3, -0.25) is 19.7 Å². The average molecular weight is 364 g/mol. The van der Waals surface area contributed by atoms with Crippen molar-refractivity contribution in [3.8, 4) is 0 Å². The van der Waals surface area contributed by atoms with Gasteiger partial charge in [-0.15, -0.1) is 11.8 Å². The lowest BCUT2D eigenvalue weighted by atomic mass is 10.0. The summed E-state index contributed by atoms with van der Waals surface area (Å²) in [5.41, 5.74) is 0.967. The van der Waals surface area contributed by atoms with Crippen LogP contribution in [0.15, 0.2) is 17.0 Å². The van der Waals surface area contributed by atoms with Gasteiger partial charge in [0.15, 0.2) is 0 Å². The lowest BCUT2D eigenvalue weighted by molar-refractivity contribution is -0.136. The fourth-order valence-electron chi connectivity index (χ4n) is 3.07. The van der Waals surface area contributed by atoms with E-state index >= 15 is 0 Å². The molecule has 0 aromatic heterocycles. The Hall–Kier alpha value is -2.22. The molecule has 0 saturated carbocycles. The normalized spacial score (nSPS) is 19.8. The van der Waals surface area contributed by atoms with Crippen molar-refractivity contribution in [2.75, 3.05) is 5.75 Å². The van der Waals surface area contributed by atoms with Crippen molar-refractivity contribution in [3.63, 3.8) is 0 Å². The predicted molar refractivity (Wildman–Crippen MR) is 88.5 cm³/mol. The number of benzene rings is 1. The highest BCUT2D eigenvalue weighted by atomic mass is 32.2. The Kier molecular flexibility index (Phi) is 5.17. The molecule has 25 heavy (non-hydrogen) atoms. The van der Waals surface area contributed by atoms with E-state index < -0.39 is 23.7 Å². The number of hydrogen-bond acceptors (Lipinski definition) is 5. The zero-order valence-electron chi connectivity index (χ0n) is 13.4. The molecule has 0 bridgehead atoms. The number of carbonyl (C=O) groups excluding carboxylic acids is 4. The van der Waals surface area contributed by atoms with Crippen molar-refractivity contribution >= 4 is 35.8 Å². The fourth-order valence-corrected chi connectivity index (χ4v) is 4.15. The van der Waals surface area contributed by atoms with Gasteiger partial charge < -0.3 is 9.69 Å². The lowest BCUT2D eigenvalue weighted by Crippen LogP contribution is -2.52. The van der Waals surface area contributed by atoms with Crippen molar-refractivity contribution in [1.82, 2.24) is 10.2 Å². The van der Waals surface area contributed by atoms with Crippen LogP contribution in [0.2, 0.25) is 0 Å². The molecule has 3 rings (SSSR count). The minimum Gasteiger partial charge on any atom is -0.322 e. The van der Waals surface area contributed by atoms with Crippen molar-refractivity contribution < 1.29 is 23.6 Å². The number of halogens is 1. The number of rotatable bonds is 6. The van der Waals surface area contributed by atoms with Crippen molar-refractivity contribution in [2.45, 2.75) is 43.2 Å². The first-order chi connectivity index (χ1) is 12.0. The molecular weight excluding hydrogens is 347 g/mol. The molecule has 1 atom stereocenters. The lowest BCUT2D eigenvalue weighted by Gasteiger charge is -2.29. The highest BCUT2D eigenvalue weighted by Crippen LogP contribution is 2.35. The quantitative estimate of drug-likeness (QED) is 0.359. The van der Waals surface area contributed by atoms with Crippen LogP contribution in [0.25, 0.3) is 0 Å². The molecular formula is C17H17FN2O4S. The molecule has 132 valence electrons. The second kappa shape index (κ2) is 7.35. The van der Waals surface area contributed by atoms with E-state index in [1.54, 1.807) is 0 Å². The van der Waals surface area contributed by atoms with Crippen LogP contribution in [0.3, 0.4) is 0 Å².